The zero-order valence-electron chi connectivity index (χ0n) is 16.6. The lowest BCUT2D eigenvalue weighted by Crippen LogP contribution is -2.48. The first-order valence-corrected chi connectivity index (χ1v) is 10.6. The van der Waals surface area contributed by atoms with Gasteiger partial charge in [0, 0.05) is 55.1 Å². The van der Waals surface area contributed by atoms with Crippen LogP contribution in [0.15, 0.2) is 30.5 Å². The van der Waals surface area contributed by atoms with E-state index in [0.29, 0.717) is 6.54 Å². The normalized spacial score (nSPS) is 14.1. The van der Waals surface area contributed by atoms with Crippen molar-refractivity contribution in [1.82, 2.24) is 20.7 Å². The van der Waals surface area contributed by atoms with Crippen molar-refractivity contribution in [1.29, 1.82) is 0 Å². The summed E-state index contributed by atoms with van der Waals surface area (Å²) in [6, 6.07) is 8.43. The third-order valence-electron chi connectivity index (χ3n) is 4.94. The van der Waals surface area contributed by atoms with Gasteiger partial charge < -0.3 is 14.9 Å². The summed E-state index contributed by atoms with van der Waals surface area (Å²) in [6.45, 7) is 5.40. The van der Waals surface area contributed by atoms with E-state index < -0.39 is 6.09 Å². The molecule has 2 amide bonds. The molecule has 2 aromatic rings. The van der Waals surface area contributed by atoms with E-state index >= 15 is 0 Å². The van der Waals surface area contributed by atoms with Crippen LogP contribution < -0.4 is 15.8 Å². The molecule has 0 atom stereocenters. The number of hydrogen-bond acceptors (Lipinski definition) is 6. The summed E-state index contributed by atoms with van der Waals surface area (Å²) in [6.07, 6.45) is 3.47. The van der Waals surface area contributed by atoms with Gasteiger partial charge in [0.05, 0.1) is 11.9 Å². The average Bonchev–Trinajstić information content (AvgIpc) is 3.18. The fourth-order valence-corrected chi connectivity index (χ4v) is 4.31. The molecule has 1 aliphatic rings. The largest absolute Gasteiger partial charge is 0.464 e. The Hall–Kier alpha value is -2.65. The smallest absolute Gasteiger partial charge is 0.419 e. The number of carbonyl (C=O) groups excluding carboxylic acids is 1. The third kappa shape index (κ3) is 6.43. The van der Waals surface area contributed by atoms with Crippen LogP contribution in [0, 0.1) is 0 Å². The Morgan fingerprint density at radius 1 is 1.07 bits per heavy atom. The van der Waals surface area contributed by atoms with Crippen molar-refractivity contribution in [3.05, 3.63) is 45.9 Å². The summed E-state index contributed by atoms with van der Waals surface area (Å²) in [5.41, 5.74) is 6.99. The van der Waals surface area contributed by atoms with Gasteiger partial charge in [-0.15, -0.1) is 11.3 Å². The molecule has 0 bridgehead atoms. The van der Waals surface area contributed by atoms with Gasteiger partial charge in [0.1, 0.15) is 0 Å². The summed E-state index contributed by atoms with van der Waals surface area (Å²) in [5, 5.41) is 8.52. The van der Waals surface area contributed by atoms with Gasteiger partial charge in [0.2, 0.25) is 5.91 Å². The van der Waals surface area contributed by atoms with Gasteiger partial charge in [-0.1, -0.05) is 0 Å². The first-order valence-electron chi connectivity index (χ1n) is 9.76. The minimum Gasteiger partial charge on any atom is -0.464 e. The van der Waals surface area contributed by atoms with Crippen molar-refractivity contribution in [2.75, 3.05) is 37.6 Å². The number of hydrazine groups is 1. The number of anilines is 1. The molecule has 1 fully saturated rings. The molecule has 3 rings (SSSR count). The summed E-state index contributed by atoms with van der Waals surface area (Å²) in [7, 11) is 0. The summed E-state index contributed by atoms with van der Waals surface area (Å²) >= 11 is 1.76. The van der Waals surface area contributed by atoms with Crippen LogP contribution in [0.2, 0.25) is 0 Å². The molecule has 1 aliphatic heterocycles. The fourth-order valence-electron chi connectivity index (χ4n) is 3.30. The maximum Gasteiger partial charge on any atom is 0.419 e. The second kappa shape index (κ2) is 10.2. The topological polar surface area (TPSA) is 97.8 Å². The standard InChI is InChI=1S/C20H27N5O3S/c1-15(26)24-10-12-25(13-11-24)17-4-2-16(21-14-17)3-5-18-6-7-19(29-18)8-9-22-23-20(27)28/h2,4,6-7,14,22-23H,3,5,8-13H2,1H3,(H,27,28). The molecule has 2 aromatic heterocycles. The molecule has 1 saturated heterocycles. The SMILES string of the molecule is CC(=O)N1CCN(c2ccc(CCc3ccc(CCNNC(=O)O)s3)nc2)CC1. The molecule has 0 spiro atoms. The van der Waals surface area contributed by atoms with E-state index in [1.165, 1.54) is 9.75 Å². The Morgan fingerprint density at radius 2 is 1.79 bits per heavy atom. The number of nitrogens with one attached hydrogen (secondary N) is 2. The highest BCUT2D eigenvalue weighted by Crippen LogP contribution is 2.20. The predicted molar refractivity (Wildman–Crippen MR) is 113 cm³/mol. The molecule has 0 aromatic carbocycles. The Morgan fingerprint density at radius 3 is 2.41 bits per heavy atom. The van der Waals surface area contributed by atoms with Gasteiger partial charge in [0.25, 0.3) is 0 Å². The number of carbonyl (C=O) groups is 2. The Labute approximate surface area is 174 Å². The van der Waals surface area contributed by atoms with Crippen LogP contribution >= 0.6 is 11.3 Å². The molecule has 3 N–H and O–H groups in total. The van der Waals surface area contributed by atoms with Crippen molar-refractivity contribution in [2.24, 2.45) is 0 Å². The maximum atomic E-state index is 11.4. The van der Waals surface area contributed by atoms with Crippen molar-refractivity contribution in [3.63, 3.8) is 0 Å². The number of piperazine rings is 1. The first kappa shape index (κ1) is 21.1. The van der Waals surface area contributed by atoms with Crippen molar-refractivity contribution in [3.8, 4) is 0 Å². The monoisotopic (exact) mass is 417 g/mol. The molecule has 0 aliphatic carbocycles. The number of amides is 2. The number of pyridine rings is 1. The molecular formula is C20H27N5O3S. The van der Waals surface area contributed by atoms with E-state index in [9.17, 15) is 9.59 Å². The van der Waals surface area contributed by atoms with Gasteiger partial charge in [-0.25, -0.2) is 10.2 Å². The molecule has 156 valence electrons. The zero-order valence-corrected chi connectivity index (χ0v) is 17.4. The summed E-state index contributed by atoms with van der Waals surface area (Å²) in [4.78, 5) is 33.1. The lowest BCUT2D eigenvalue weighted by Gasteiger charge is -2.35. The Balaban J connectivity index is 1.42. The van der Waals surface area contributed by atoms with Gasteiger partial charge in [0.15, 0.2) is 0 Å². The van der Waals surface area contributed by atoms with E-state index in [0.717, 1.165) is 56.8 Å². The molecule has 0 saturated carbocycles. The molecular weight excluding hydrogens is 390 g/mol. The maximum absolute atomic E-state index is 11.4. The van der Waals surface area contributed by atoms with E-state index in [4.69, 9.17) is 5.11 Å². The predicted octanol–water partition coefficient (Wildman–Crippen LogP) is 1.91. The second-order valence-electron chi connectivity index (χ2n) is 6.98. The fraction of sp³-hybridized carbons (Fsp3) is 0.450. The molecule has 29 heavy (non-hydrogen) atoms. The Bertz CT molecular complexity index is 816. The number of thiophene rings is 1. The molecule has 9 heteroatoms. The number of carboxylic acid groups (broad SMARTS) is 1. The zero-order chi connectivity index (χ0) is 20.6. The van der Waals surface area contributed by atoms with Crippen LogP contribution in [0.25, 0.3) is 0 Å². The number of aromatic nitrogens is 1. The van der Waals surface area contributed by atoms with E-state index in [1.54, 1.807) is 18.3 Å². The van der Waals surface area contributed by atoms with E-state index in [1.807, 2.05) is 11.1 Å². The lowest BCUT2D eigenvalue weighted by atomic mass is 10.2. The number of aryl methyl sites for hydroxylation is 2. The first-order chi connectivity index (χ1) is 14.0. The number of nitrogens with zero attached hydrogens (tertiary/aromatic N) is 3. The van der Waals surface area contributed by atoms with Crippen LogP contribution in [-0.4, -0.2) is 59.7 Å². The number of rotatable bonds is 8. The van der Waals surface area contributed by atoms with Gasteiger partial charge in [-0.3, -0.25) is 15.2 Å². The highest BCUT2D eigenvalue weighted by Gasteiger charge is 2.18. The third-order valence-corrected chi connectivity index (χ3v) is 6.14. The summed E-state index contributed by atoms with van der Waals surface area (Å²) < 4.78 is 0. The van der Waals surface area contributed by atoms with E-state index in [2.05, 4.69) is 45.0 Å². The van der Waals surface area contributed by atoms with Crippen LogP contribution in [0.5, 0.6) is 0 Å². The highest BCUT2D eigenvalue weighted by atomic mass is 32.1. The van der Waals surface area contributed by atoms with E-state index in [-0.39, 0.29) is 5.91 Å². The van der Waals surface area contributed by atoms with Gasteiger partial charge in [-0.2, -0.15) is 0 Å². The van der Waals surface area contributed by atoms with Gasteiger partial charge in [-0.05, 0) is 43.5 Å². The number of hydrogen-bond donors (Lipinski definition) is 3. The summed E-state index contributed by atoms with van der Waals surface area (Å²) in [5.74, 6) is 0.142. The van der Waals surface area contributed by atoms with Crippen molar-refractivity contribution < 1.29 is 14.7 Å². The second-order valence-corrected chi connectivity index (χ2v) is 8.23. The highest BCUT2D eigenvalue weighted by molar-refractivity contribution is 7.12. The van der Waals surface area contributed by atoms with Gasteiger partial charge >= 0.3 is 6.09 Å². The van der Waals surface area contributed by atoms with Crippen molar-refractivity contribution >= 4 is 29.0 Å². The van der Waals surface area contributed by atoms with Crippen molar-refractivity contribution in [2.45, 2.75) is 26.2 Å². The minimum atomic E-state index is -1.08. The lowest BCUT2D eigenvalue weighted by molar-refractivity contribution is -0.129. The van der Waals surface area contributed by atoms with Crippen LogP contribution in [-0.2, 0) is 24.1 Å². The van der Waals surface area contributed by atoms with Crippen LogP contribution in [0.1, 0.15) is 22.4 Å². The minimum absolute atomic E-state index is 0.142. The quantitative estimate of drug-likeness (QED) is 0.448. The average molecular weight is 418 g/mol. The molecule has 0 unspecified atom stereocenters. The molecule has 3 heterocycles. The van der Waals surface area contributed by atoms with Crippen LogP contribution in [0.3, 0.4) is 0 Å². The molecule has 8 nitrogen and oxygen atoms in total. The Kier molecular flexibility index (Phi) is 7.42. The van der Waals surface area contributed by atoms with Crippen LogP contribution in [0.4, 0.5) is 10.5 Å². The molecule has 0 radical (unpaired) electrons.